The third-order valence-electron chi connectivity index (χ3n) is 3.58. The number of fused-ring (bicyclic) bond motifs is 1. The largest absolute Gasteiger partial charge is 0.482 e. The van der Waals surface area contributed by atoms with Crippen LogP contribution in [0.5, 0.6) is 5.75 Å². The summed E-state index contributed by atoms with van der Waals surface area (Å²) >= 11 is 7.75. The molecule has 9 heteroatoms. The van der Waals surface area contributed by atoms with E-state index in [0.29, 0.717) is 18.7 Å². The summed E-state index contributed by atoms with van der Waals surface area (Å²) in [6.07, 6.45) is 0.675. The van der Waals surface area contributed by atoms with Crippen molar-refractivity contribution in [2.45, 2.75) is 16.2 Å². The van der Waals surface area contributed by atoms with Crippen LogP contribution in [-0.2, 0) is 14.8 Å². The molecule has 0 unspecified atom stereocenters. The molecule has 0 spiro atoms. The molecule has 6 nitrogen and oxygen atoms in total. The molecule has 0 atom stereocenters. The first-order chi connectivity index (χ1) is 12.5. The highest BCUT2D eigenvalue weighted by molar-refractivity contribution is 7.99. The summed E-state index contributed by atoms with van der Waals surface area (Å²) < 4.78 is 32.8. The molecule has 3 rings (SSSR count). The second-order valence-electron chi connectivity index (χ2n) is 5.53. The van der Waals surface area contributed by atoms with Crippen LogP contribution in [0.4, 0.5) is 5.69 Å². The monoisotopic (exact) mass is 412 g/mol. The van der Waals surface area contributed by atoms with Gasteiger partial charge in [-0.25, -0.2) is 13.1 Å². The SMILES string of the molecule is O=C1COc2cc(S(=O)(=O)NCCCSc3ccccc3)c(Cl)cc2N1. The van der Waals surface area contributed by atoms with Crippen LogP contribution < -0.4 is 14.8 Å². The fraction of sp³-hybridized carbons (Fsp3) is 0.235. The number of carbonyl (C=O) groups is 1. The number of hydrogen-bond donors (Lipinski definition) is 2. The molecule has 1 heterocycles. The fourth-order valence-corrected chi connectivity index (χ4v) is 4.84. The van der Waals surface area contributed by atoms with Gasteiger partial charge in [0, 0.05) is 17.5 Å². The van der Waals surface area contributed by atoms with E-state index in [1.165, 1.54) is 12.1 Å². The Bertz CT molecular complexity index is 904. The van der Waals surface area contributed by atoms with Crippen molar-refractivity contribution in [3.05, 3.63) is 47.5 Å². The maximum atomic E-state index is 12.5. The molecule has 1 aliphatic heterocycles. The van der Waals surface area contributed by atoms with E-state index in [9.17, 15) is 13.2 Å². The lowest BCUT2D eigenvalue weighted by molar-refractivity contribution is -0.118. The van der Waals surface area contributed by atoms with Crippen molar-refractivity contribution in [1.29, 1.82) is 0 Å². The highest BCUT2D eigenvalue weighted by Crippen LogP contribution is 2.35. The van der Waals surface area contributed by atoms with Gasteiger partial charge in [-0.15, -0.1) is 11.8 Å². The number of anilines is 1. The normalized spacial score (nSPS) is 13.7. The Labute approximate surface area is 161 Å². The number of hydrogen-bond acceptors (Lipinski definition) is 5. The minimum absolute atomic E-state index is 0.0284. The van der Waals surface area contributed by atoms with E-state index in [1.54, 1.807) is 11.8 Å². The van der Waals surface area contributed by atoms with Gasteiger partial charge in [-0.2, -0.15) is 0 Å². The summed E-state index contributed by atoms with van der Waals surface area (Å²) in [7, 11) is -3.77. The van der Waals surface area contributed by atoms with Crippen molar-refractivity contribution < 1.29 is 17.9 Å². The van der Waals surface area contributed by atoms with Crippen LogP contribution in [0.2, 0.25) is 5.02 Å². The van der Waals surface area contributed by atoms with Crippen LogP contribution in [0.1, 0.15) is 6.42 Å². The maximum absolute atomic E-state index is 12.5. The third kappa shape index (κ3) is 4.70. The zero-order valence-corrected chi connectivity index (χ0v) is 16.1. The van der Waals surface area contributed by atoms with E-state index in [2.05, 4.69) is 10.0 Å². The van der Waals surface area contributed by atoms with Crippen LogP contribution in [0.3, 0.4) is 0 Å². The van der Waals surface area contributed by atoms with E-state index < -0.39 is 10.0 Å². The van der Waals surface area contributed by atoms with Crippen LogP contribution in [-0.4, -0.2) is 33.2 Å². The van der Waals surface area contributed by atoms with Gasteiger partial charge in [-0.1, -0.05) is 29.8 Å². The van der Waals surface area contributed by atoms with Gasteiger partial charge in [-0.3, -0.25) is 4.79 Å². The molecule has 26 heavy (non-hydrogen) atoms. The Morgan fingerprint density at radius 3 is 2.77 bits per heavy atom. The number of rotatable bonds is 7. The van der Waals surface area contributed by atoms with Crippen molar-refractivity contribution >= 4 is 45.0 Å². The van der Waals surface area contributed by atoms with Crippen LogP contribution >= 0.6 is 23.4 Å². The quantitative estimate of drug-likeness (QED) is 0.539. The van der Waals surface area contributed by atoms with E-state index in [0.717, 1.165) is 10.6 Å². The summed E-state index contributed by atoms with van der Waals surface area (Å²) in [6, 6.07) is 12.6. The van der Waals surface area contributed by atoms with Crippen molar-refractivity contribution in [3.8, 4) is 5.75 Å². The Balaban J connectivity index is 1.59. The van der Waals surface area contributed by atoms with Gasteiger partial charge in [0.25, 0.3) is 5.91 Å². The average Bonchev–Trinajstić information content (AvgIpc) is 2.61. The van der Waals surface area contributed by atoms with Crippen LogP contribution in [0.15, 0.2) is 52.3 Å². The van der Waals surface area contributed by atoms with Gasteiger partial charge in [-0.05, 0) is 30.4 Å². The van der Waals surface area contributed by atoms with Crippen molar-refractivity contribution in [1.82, 2.24) is 4.72 Å². The lowest BCUT2D eigenvalue weighted by atomic mass is 10.2. The molecule has 1 aliphatic rings. The lowest BCUT2D eigenvalue weighted by Gasteiger charge is -2.19. The zero-order valence-electron chi connectivity index (χ0n) is 13.7. The molecule has 2 N–H and O–H groups in total. The summed E-state index contributed by atoms with van der Waals surface area (Å²) in [6.45, 7) is 0.144. The number of amides is 1. The molecule has 2 aromatic rings. The molecule has 138 valence electrons. The van der Waals surface area contributed by atoms with Gasteiger partial charge in [0.2, 0.25) is 10.0 Å². The summed E-state index contributed by atoms with van der Waals surface area (Å²) in [4.78, 5) is 12.4. The number of nitrogens with one attached hydrogen (secondary N) is 2. The van der Waals surface area contributed by atoms with Gasteiger partial charge in [0.1, 0.15) is 10.6 Å². The maximum Gasteiger partial charge on any atom is 0.262 e. The van der Waals surface area contributed by atoms with Gasteiger partial charge in [0.05, 0.1) is 10.7 Å². The predicted octanol–water partition coefficient (Wildman–Crippen LogP) is 3.13. The summed E-state index contributed by atoms with van der Waals surface area (Å²) in [5.74, 6) is 0.770. The number of thioether (sulfide) groups is 1. The average molecular weight is 413 g/mol. The van der Waals surface area contributed by atoms with Crippen LogP contribution in [0.25, 0.3) is 0 Å². The Kier molecular flexibility index (Phi) is 6.08. The van der Waals surface area contributed by atoms with Crippen molar-refractivity contribution in [2.24, 2.45) is 0 Å². The summed E-state index contributed by atoms with van der Waals surface area (Å²) in [5.41, 5.74) is 0.365. The molecule has 1 amide bonds. The Morgan fingerprint density at radius 2 is 2.00 bits per heavy atom. The molecule has 0 fully saturated rings. The molecule has 0 aromatic heterocycles. The minimum atomic E-state index is -3.77. The third-order valence-corrected chi connectivity index (χ3v) is 6.61. The molecule has 0 radical (unpaired) electrons. The number of benzene rings is 2. The van der Waals surface area contributed by atoms with E-state index >= 15 is 0 Å². The minimum Gasteiger partial charge on any atom is -0.482 e. The second kappa shape index (κ2) is 8.30. The van der Waals surface area contributed by atoms with Crippen molar-refractivity contribution in [3.63, 3.8) is 0 Å². The zero-order chi connectivity index (χ0) is 18.6. The molecule has 0 aliphatic carbocycles. The number of halogens is 1. The van der Waals surface area contributed by atoms with E-state index in [4.69, 9.17) is 16.3 Å². The molecular weight excluding hydrogens is 396 g/mol. The first kappa shape index (κ1) is 19.0. The molecule has 0 bridgehead atoms. The molecule has 0 saturated heterocycles. The molecular formula is C17H17ClN2O4S2. The van der Waals surface area contributed by atoms with Gasteiger partial charge in [0.15, 0.2) is 6.61 Å². The highest BCUT2D eigenvalue weighted by Gasteiger charge is 2.24. The van der Waals surface area contributed by atoms with Crippen LogP contribution in [0, 0.1) is 0 Å². The van der Waals surface area contributed by atoms with Crippen molar-refractivity contribution in [2.75, 3.05) is 24.2 Å². The highest BCUT2D eigenvalue weighted by atomic mass is 35.5. The summed E-state index contributed by atoms with van der Waals surface area (Å²) in [5, 5.41) is 2.62. The number of sulfonamides is 1. The molecule has 2 aromatic carbocycles. The molecule has 0 saturated carbocycles. The standard InChI is InChI=1S/C17H17ClN2O4S2/c18-13-9-14-15(24-11-17(21)20-14)10-16(13)26(22,23)19-7-4-8-25-12-5-2-1-3-6-12/h1-3,5-6,9-10,19H,4,7-8,11H2,(H,20,21). The van der Waals surface area contributed by atoms with Gasteiger partial charge < -0.3 is 10.1 Å². The first-order valence-corrected chi connectivity index (χ1v) is 10.7. The Morgan fingerprint density at radius 1 is 1.23 bits per heavy atom. The number of carbonyl (C=O) groups excluding carboxylic acids is 1. The topological polar surface area (TPSA) is 84.5 Å². The van der Waals surface area contributed by atoms with Gasteiger partial charge >= 0.3 is 0 Å². The van der Waals surface area contributed by atoms with E-state index in [1.807, 2.05) is 30.3 Å². The number of ether oxygens (including phenoxy) is 1. The lowest BCUT2D eigenvalue weighted by Crippen LogP contribution is -2.27. The van der Waals surface area contributed by atoms with E-state index in [-0.39, 0.29) is 28.2 Å². The second-order valence-corrected chi connectivity index (χ2v) is 8.84. The fourth-order valence-electron chi connectivity index (χ4n) is 2.35. The first-order valence-electron chi connectivity index (χ1n) is 7.89. The predicted molar refractivity (Wildman–Crippen MR) is 103 cm³/mol. The smallest absolute Gasteiger partial charge is 0.262 e. The Hall–Kier alpha value is -1.74.